The van der Waals surface area contributed by atoms with Crippen LogP contribution in [-0.2, 0) is 6.18 Å². The summed E-state index contributed by atoms with van der Waals surface area (Å²) in [5.41, 5.74) is -1.19. The molecule has 6 heteroatoms. The number of non-ortho nitro benzene ring substituents is 1. The number of hydrogen-bond acceptors (Lipinski definition) is 2. The van der Waals surface area contributed by atoms with Gasteiger partial charge in [0.15, 0.2) is 0 Å². The molecule has 0 amide bonds. The van der Waals surface area contributed by atoms with E-state index in [1.807, 2.05) is 0 Å². The Morgan fingerprint density at radius 3 is 2.12 bits per heavy atom. The van der Waals surface area contributed by atoms with Gasteiger partial charge in [-0.3, -0.25) is 10.1 Å². The first-order valence-electron chi connectivity index (χ1n) is 4.64. The largest absolute Gasteiger partial charge is 0.417 e. The summed E-state index contributed by atoms with van der Waals surface area (Å²) >= 11 is 0. The van der Waals surface area contributed by atoms with Gasteiger partial charge >= 0.3 is 6.18 Å². The van der Waals surface area contributed by atoms with E-state index in [9.17, 15) is 23.3 Å². The number of nitrogens with zero attached hydrogens (tertiary/aromatic N) is 1. The number of nitro benzene ring substituents is 1. The second kappa shape index (κ2) is 3.73. The highest BCUT2D eigenvalue weighted by molar-refractivity contribution is 5.93. The Balaban J connectivity index is 2.85. The summed E-state index contributed by atoms with van der Waals surface area (Å²) < 4.78 is 38.0. The van der Waals surface area contributed by atoms with Gasteiger partial charge in [0.25, 0.3) is 5.69 Å². The number of alkyl halides is 3. The Bertz CT molecular complexity index is 593. The first kappa shape index (κ1) is 11.4. The van der Waals surface area contributed by atoms with E-state index in [-0.39, 0.29) is 16.5 Å². The van der Waals surface area contributed by atoms with E-state index in [1.54, 1.807) is 0 Å². The predicted octanol–water partition coefficient (Wildman–Crippen LogP) is 3.77. The van der Waals surface area contributed by atoms with E-state index < -0.39 is 16.7 Å². The summed E-state index contributed by atoms with van der Waals surface area (Å²) in [5, 5.41) is 10.5. The molecule has 88 valence electrons. The van der Waals surface area contributed by atoms with Crippen LogP contribution in [0.3, 0.4) is 0 Å². The number of nitro groups is 1. The van der Waals surface area contributed by atoms with E-state index in [2.05, 4.69) is 0 Å². The third-order valence-corrected chi connectivity index (χ3v) is 2.40. The Morgan fingerprint density at radius 1 is 1.00 bits per heavy atom. The fraction of sp³-hybridized carbons (Fsp3) is 0.0909. The van der Waals surface area contributed by atoms with Gasteiger partial charge in [-0.2, -0.15) is 13.2 Å². The molecule has 3 nitrogen and oxygen atoms in total. The Labute approximate surface area is 93.6 Å². The SMILES string of the molecule is O=[N+]([O-])c1ccc(C(F)(F)F)c2ccccc12. The fourth-order valence-electron chi connectivity index (χ4n) is 1.69. The van der Waals surface area contributed by atoms with Crippen LogP contribution in [0.15, 0.2) is 36.4 Å². The van der Waals surface area contributed by atoms with Gasteiger partial charge in [0.1, 0.15) is 0 Å². The van der Waals surface area contributed by atoms with Crippen LogP contribution in [0.4, 0.5) is 18.9 Å². The molecule has 0 atom stereocenters. The van der Waals surface area contributed by atoms with E-state index in [1.165, 1.54) is 24.3 Å². The molecule has 0 unspecified atom stereocenters. The van der Waals surface area contributed by atoms with E-state index in [4.69, 9.17) is 0 Å². The highest BCUT2D eigenvalue weighted by Crippen LogP contribution is 2.37. The van der Waals surface area contributed by atoms with Crippen molar-refractivity contribution in [1.82, 2.24) is 0 Å². The van der Waals surface area contributed by atoms with E-state index in [0.717, 1.165) is 12.1 Å². The van der Waals surface area contributed by atoms with E-state index >= 15 is 0 Å². The minimum absolute atomic E-state index is 0.00711. The Morgan fingerprint density at radius 2 is 1.59 bits per heavy atom. The molecule has 2 rings (SSSR count). The summed E-state index contributed by atoms with van der Waals surface area (Å²) in [6.07, 6.45) is -4.52. The smallest absolute Gasteiger partial charge is 0.258 e. The molecule has 0 N–H and O–H groups in total. The lowest BCUT2D eigenvalue weighted by molar-refractivity contribution is -0.383. The highest BCUT2D eigenvalue weighted by Gasteiger charge is 2.33. The van der Waals surface area contributed by atoms with Gasteiger partial charge in [-0.05, 0) is 12.1 Å². The average Bonchev–Trinajstić information content (AvgIpc) is 2.26. The minimum atomic E-state index is -4.52. The summed E-state index contributed by atoms with van der Waals surface area (Å²) in [6, 6.07) is 7.04. The van der Waals surface area contributed by atoms with Gasteiger partial charge in [0.05, 0.1) is 15.9 Å². The summed E-state index contributed by atoms with van der Waals surface area (Å²) in [7, 11) is 0. The van der Waals surface area contributed by atoms with Crippen molar-refractivity contribution in [3.63, 3.8) is 0 Å². The number of benzene rings is 2. The molecule has 0 radical (unpaired) electrons. The Kier molecular flexibility index (Phi) is 2.49. The molecule has 0 spiro atoms. The third-order valence-electron chi connectivity index (χ3n) is 2.40. The topological polar surface area (TPSA) is 43.1 Å². The van der Waals surface area contributed by atoms with Crippen LogP contribution in [0.2, 0.25) is 0 Å². The van der Waals surface area contributed by atoms with Gasteiger partial charge in [0, 0.05) is 11.5 Å². The maximum absolute atomic E-state index is 12.7. The molecular weight excluding hydrogens is 235 g/mol. The lowest BCUT2D eigenvalue weighted by atomic mass is 10.0. The first-order valence-corrected chi connectivity index (χ1v) is 4.64. The van der Waals surface area contributed by atoms with Crippen molar-refractivity contribution >= 4 is 16.5 Å². The van der Waals surface area contributed by atoms with Crippen molar-refractivity contribution in [1.29, 1.82) is 0 Å². The summed E-state index contributed by atoms with van der Waals surface area (Å²) in [4.78, 5) is 10.0. The predicted molar refractivity (Wildman–Crippen MR) is 55.6 cm³/mol. The maximum atomic E-state index is 12.7. The minimum Gasteiger partial charge on any atom is -0.258 e. The van der Waals surface area contributed by atoms with Gasteiger partial charge in [0.2, 0.25) is 0 Å². The average molecular weight is 241 g/mol. The fourth-order valence-corrected chi connectivity index (χ4v) is 1.69. The lowest BCUT2D eigenvalue weighted by Gasteiger charge is -2.10. The first-order chi connectivity index (χ1) is 7.91. The summed E-state index contributed by atoms with van der Waals surface area (Å²) in [6.45, 7) is 0. The second-order valence-corrected chi connectivity index (χ2v) is 3.43. The number of hydrogen-bond donors (Lipinski definition) is 0. The molecule has 0 aromatic heterocycles. The molecule has 0 aliphatic heterocycles. The van der Waals surface area contributed by atoms with Crippen molar-refractivity contribution in [3.8, 4) is 0 Å². The molecule has 0 bridgehead atoms. The van der Waals surface area contributed by atoms with Crippen molar-refractivity contribution in [3.05, 3.63) is 52.1 Å². The normalized spacial score (nSPS) is 11.7. The lowest BCUT2D eigenvalue weighted by Crippen LogP contribution is -2.06. The zero-order valence-corrected chi connectivity index (χ0v) is 8.36. The molecule has 0 aliphatic carbocycles. The van der Waals surface area contributed by atoms with Crippen molar-refractivity contribution in [2.24, 2.45) is 0 Å². The molecule has 0 aliphatic rings. The van der Waals surface area contributed by atoms with Gasteiger partial charge < -0.3 is 0 Å². The van der Waals surface area contributed by atoms with Gasteiger partial charge in [-0.25, -0.2) is 0 Å². The van der Waals surface area contributed by atoms with Crippen molar-refractivity contribution in [2.75, 3.05) is 0 Å². The highest BCUT2D eigenvalue weighted by atomic mass is 19.4. The number of fused-ring (bicyclic) bond motifs is 1. The second-order valence-electron chi connectivity index (χ2n) is 3.43. The zero-order valence-electron chi connectivity index (χ0n) is 8.36. The molecule has 0 heterocycles. The van der Waals surface area contributed by atoms with E-state index in [0.29, 0.717) is 0 Å². The quantitative estimate of drug-likeness (QED) is 0.563. The Hall–Kier alpha value is -2.11. The van der Waals surface area contributed by atoms with Gasteiger partial charge in [-0.1, -0.05) is 18.2 Å². The molecule has 0 saturated heterocycles. The third kappa shape index (κ3) is 1.93. The monoisotopic (exact) mass is 241 g/mol. The van der Waals surface area contributed by atoms with Crippen LogP contribution in [0.1, 0.15) is 5.56 Å². The summed E-state index contributed by atoms with van der Waals surface area (Å²) in [5.74, 6) is 0. The maximum Gasteiger partial charge on any atom is 0.417 e. The van der Waals surface area contributed by atoms with Gasteiger partial charge in [-0.15, -0.1) is 0 Å². The standard InChI is InChI=1S/C11H6F3NO2/c12-11(13,14)9-5-6-10(15(16)17)8-4-2-1-3-7(8)9/h1-6H. The van der Waals surface area contributed by atoms with Crippen molar-refractivity contribution in [2.45, 2.75) is 6.18 Å². The van der Waals surface area contributed by atoms with Crippen LogP contribution in [0.25, 0.3) is 10.8 Å². The molecule has 2 aromatic carbocycles. The molecular formula is C11H6F3NO2. The molecule has 0 saturated carbocycles. The van der Waals surface area contributed by atoms with Crippen LogP contribution < -0.4 is 0 Å². The number of halogens is 3. The van der Waals surface area contributed by atoms with Crippen LogP contribution in [0.5, 0.6) is 0 Å². The molecule has 2 aromatic rings. The van der Waals surface area contributed by atoms with Crippen LogP contribution in [0, 0.1) is 10.1 Å². The zero-order chi connectivity index (χ0) is 12.6. The van der Waals surface area contributed by atoms with Crippen LogP contribution in [-0.4, -0.2) is 4.92 Å². The molecule has 17 heavy (non-hydrogen) atoms. The number of rotatable bonds is 1. The van der Waals surface area contributed by atoms with Crippen molar-refractivity contribution < 1.29 is 18.1 Å². The van der Waals surface area contributed by atoms with Crippen LogP contribution >= 0.6 is 0 Å². The molecule has 0 fully saturated rings.